The molecule has 1 unspecified atom stereocenters. The van der Waals surface area contributed by atoms with Crippen LogP contribution in [0.4, 0.5) is 0 Å². The highest BCUT2D eigenvalue weighted by Gasteiger charge is 2.14. The molecule has 0 aliphatic carbocycles. The van der Waals surface area contributed by atoms with E-state index in [0.717, 1.165) is 37.8 Å². The summed E-state index contributed by atoms with van der Waals surface area (Å²) in [4.78, 5) is 1.46. The predicted octanol–water partition coefficient (Wildman–Crippen LogP) is 3.73. The molecule has 3 nitrogen and oxygen atoms in total. The molecule has 1 aromatic heterocycles. The normalized spacial score (nSPS) is 12.3. The second-order valence-electron chi connectivity index (χ2n) is 7.09. The van der Waals surface area contributed by atoms with Gasteiger partial charge in [0.2, 0.25) is 0 Å². The van der Waals surface area contributed by atoms with Crippen molar-refractivity contribution < 1.29 is 9.64 Å². The summed E-state index contributed by atoms with van der Waals surface area (Å²) in [6.45, 7) is 6.63. The van der Waals surface area contributed by atoms with Crippen LogP contribution in [0.5, 0.6) is 0 Å². The summed E-state index contributed by atoms with van der Waals surface area (Å²) < 4.78 is 7.69. The molecule has 1 N–H and O–H groups in total. The zero-order valence-corrected chi connectivity index (χ0v) is 16.9. The zero-order chi connectivity index (χ0) is 19.1. The lowest BCUT2D eigenvalue weighted by Crippen LogP contribution is -3.10. The lowest BCUT2D eigenvalue weighted by Gasteiger charge is -2.21. The van der Waals surface area contributed by atoms with Crippen molar-refractivity contribution in [2.24, 2.45) is 0 Å². The number of quaternary nitrogens is 1. The second-order valence-corrected chi connectivity index (χ2v) is 7.53. The van der Waals surface area contributed by atoms with E-state index in [-0.39, 0.29) is 0 Å². The third kappa shape index (κ3) is 5.96. The molecule has 3 aromatic rings. The van der Waals surface area contributed by atoms with Gasteiger partial charge in [-0.3, -0.25) is 0 Å². The van der Waals surface area contributed by atoms with Crippen molar-refractivity contribution in [1.82, 2.24) is 4.57 Å². The third-order valence-electron chi connectivity index (χ3n) is 4.79. The average Bonchev–Trinajstić information content (AvgIpc) is 3.06. The van der Waals surface area contributed by atoms with Crippen LogP contribution in [0.25, 0.3) is 0 Å². The van der Waals surface area contributed by atoms with E-state index in [1.165, 1.54) is 27.3 Å². The van der Waals surface area contributed by atoms with Crippen LogP contribution in [0.1, 0.15) is 22.4 Å². The highest BCUT2D eigenvalue weighted by atomic mass is 35.5. The first kappa shape index (κ1) is 19.7. The molecule has 0 bridgehead atoms. The lowest BCUT2D eigenvalue weighted by molar-refractivity contribution is -0.928. The number of nitrogens with zero attached hydrogens (tertiary/aromatic N) is 1. The molecular weight excluding hydrogens is 356 g/mol. The Balaban J connectivity index is 1.73. The molecule has 0 aliphatic heterocycles. The molecule has 0 amide bonds. The fourth-order valence-corrected chi connectivity index (χ4v) is 3.66. The predicted molar refractivity (Wildman–Crippen MR) is 111 cm³/mol. The summed E-state index contributed by atoms with van der Waals surface area (Å²) in [5.74, 6) is 0. The molecular formula is C23H28ClN2O+. The number of hydrogen-bond donors (Lipinski definition) is 1. The van der Waals surface area contributed by atoms with Gasteiger partial charge in [-0.05, 0) is 36.8 Å². The van der Waals surface area contributed by atoms with E-state index in [4.69, 9.17) is 16.3 Å². The number of benzene rings is 2. The van der Waals surface area contributed by atoms with Gasteiger partial charge in [0.25, 0.3) is 0 Å². The Morgan fingerprint density at radius 3 is 2.56 bits per heavy atom. The monoisotopic (exact) mass is 383 g/mol. The second kappa shape index (κ2) is 9.75. The Morgan fingerprint density at radius 2 is 1.78 bits per heavy atom. The molecule has 4 heteroatoms. The van der Waals surface area contributed by atoms with Crippen molar-refractivity contribution in [3.63, 3.8) is 0 Å². The quantitative estimate of drug-likeness (QED) is 0.596. The molecule has 27 heavy (non-hydrogen) atoms. The summed E-state index contributed by atoms with van der Waals surface area (Å²) in [5.41, 5.74) is 5.23. The van der Waals surface area contributed by atoms with Crippen LogP contribution < -0.4 is 4.90 Å². The van der Waals surface area contributed by atoms with E-state index in [1.807, 2.05) is 12.1 Å². The maximum atomic E-state index is 6.17. The van der Waals surface area contributed by atoms with Crippen molar-refractivity contribution in [2.45, 2.75) is 26.6 Å². The number of aromatic nitrogens is 1. The summed E-state index contributed by atoms with van der Waals surface area (Å²) in [6, 6.07) is 21.2. The van der Waals surface area contributed by atoms with Crippen molar-refractivity contribution in [3.05, 3.63) is 94.3 Å². The van der Waals surface area contributed by atoms with Gasteiger partial charge >= 0.3 is 0 Å². The van der Waals surface area contributed by atoms with Crippen LogP contribution >= 0.6 is 11.6 Å². The van der Waals surface area contributed by atoms with Crippen molar-refractivity contribution in [2.75, 3.05) is 20.3 Å². The minimum Gasteiger partial charge on any atom is -0.379 e. The van der Waals surface area contributed by atoms with Gasteiger partial charge in [-0.25, -0.2) is 0 Å². The maximum Gasteiger partial charge on any atom is 0.118 e. The summed E-state index contributed by atoms with van der Waals surface area (Å²) in [6.07, 6.45) is 2.17. The van der Waals surface area contributed by atoms with Gasteiger partial charge in [-0.2, -0.15) is 0 Å². The minimum absolute atomic E-state index is 0.745. The molecule has 0 saturated heterocycles. The zero-order valence-electron chi connectivity index (χ0n) is 16.1. The van der Waals surface area contributed by atoms with E-state index in [9.17, 15) is 0 Å². The maximum absolute atomic E-state index is 6.17. The van der Waals surface area contributed by atoms with Gasteiger partial charge in [-0.15, -0.1) is 0 Å². The first-order valence-corrected chi connectivity index (χ1v) is 9.78. The van der Waals surface area contributed by atoms with Gasteiger partial charge in [0.15, 0.2) is 0 Å². The summed E-state index contributed by atoms with van der Waals surface area (Å²) in [5, 5.41) is 0.793. The highest BCUT2D eigenvalue weighted by Crippen LogP contribution is 2.11. The molecule has 142 valence electrons. The Morgan fingerprint density at radius 1 is 0.963 bits per heavy atom. The van der Waals surface area contributed by atoms with Gasteiger partial charge < -0.3 is 14.2 Å². The van der Waals surface area contributed by atoms with Crippen LogP contribution in [0.2, 0.25) is 5.02 Å². The van der Waals surface area contributed by atoms with Crippen LogP contribution in [0.15, 0.2) is 66.9 Å². The molecule has 0 fully saturated rings. The number of nitrogens with one attached hydrogen (secondary N) is 1. The van der Waals surface area contributed by atoms with E-state index < -0.39 is 0 Å². The standard InChI is InChI=1S/C23H27ClN2O/c1-19-6-3-7-20(14-19)17-26-11-5-10-23(26)18-25(12-13-27-2)16-21-8-4-9-22(24)15-21/h3-11,14-15H,12-13,16-18H2,1-2H3/p+1. The van der Waals surface area contributed by atoms with Gasteiger partial charge in [0, 0.05) is 30.4 Å². The molecule has 2 aromatic carbocycles. The lowest BCUT2D eigenvalue weighted by atomic mass is 10.1. The fraction of sp³-hybridized carbons (Fsp3) is 0.304. The average molecular weight is 384 g/mol. The number of rotatable bonds is 9. The van der Waals surface area contributed by atoms with Gasteiger partial charge in [-0.1, -0.05) is 53.6 Å². The van der Waals surface area contributed by atoms with Crippen molar-refractivity contribution >= 4 is 11.6 Å². The third-order valence-corrected chi connectivity index (χ3v) is 5.03. The van der Waals surface area contributed by atoms with Crippen LogP contribution in [-0.4, -0.2) is 24.8 Å². The number of ether oxygens (including phenoxy) is 1. The van der Waals surface area contributed by atoms with Crippen molar-refractivity contribution in [3.8, 4) is 0 Å². The smallest absolute Gasteiger partial charge is 0.118 e. The number of hydrogen-bond acceptors (Lipinski definition) is 1. The Bertz CT molecular complexity index is 859. The van der Waals surface area contributed by atoms with Crippen molar-refractivity contribution in [1.29, 1.82) is 0 Å². The number of methoxy groups -OCH3 is 1. The van der Waals surface area contributed by atoms with E-state index >= 15 is 0 Å². The Labute approximate surface area is 167 Å². The summed E-state index contributed by atoms with van der Waals surface area (Å²) >= 11 is 6.17. The number of halogens is 1. The SMILES string of the molecule is COCC[NH+](Cc1cccc(Cl)c1)Cc1cccn1Cc1cccc(C)c1. The molecule has 3 rings (SSSR count). The van der Waals surface area contributed by atoms with Gasteiger partial charge in [0.1, 0.15) is 19.6 Å². The first-order chi connectivity index (χ1) is 13.1. The molecule has 0 spiro atoms. The fourth-order valence-electron chi connectivity index (χ4n) is 3.45. The van der Waals surface area contributed by atoms with Crippen LogP contribution in [-0.2, 0) is 24.4 Å². The molecule has 0 radical (unpaired) electrons. The highest BCUT2D eigenvalue weighted by molar-refractivity contribution is 6.30. The molecule has 0 aliphatic rings. The van der Waals surface area contributed by atoms with Crippen LogP contribution in [0, 0.1) is 6.92 Å². The van der Waals surface area contributed by atoms with E-state index in [0.29, 0.717) is 0 Å². The van der Waals surface area contributed by atoms with E-state index in [1.54, 1.807) is 7.11 Å². The molecule has 0 saturated carbocycles. The van der Waals surface area contributed by atoms with Gasteiger partial charge in [0.05, 0.1) is 12.3 Å². The first-order valence-electron chi connectivity index (χ1n) is 9.40. The topological polar surface area (TPSA) is 18.6 Å². The summed E-state index contributed by atoms with van der Waals surface area (Å²) in [7, 11) is 1.76. The largest absolute Gasteiger partial charge is 0.379 e. The Kier molecular flexibility index (Phi) is 7.11. The molecule has 1 heterocycles. The minimum atomic E-state index is 0.745. The molecule has 1 atom stereocenters. The Hall–Kier alpha value is -2.07. The number of aryl methyl sites for hydroxylation is 1. The van der Waals surface area contributed by atoms with E-state index in [2.05, 4.69) is 66.2 Å². The van der Waals surface area contributed by atoms with Crippen LogP contribution in [0.3, 0.4) is 0 Å².